The second kappa shape index (κ2) is 8.28. The summed E-state index contributed by atoms with van der Waals surface area (Å²) in [7, 11) is 0. The van der Waals surface area contributed by atoms with Gasteiger partial charge in [-0.25, -0.2) is 4.39 Å². The molecule has 4 aromatic rings. The molecule has 0 unspecified atom stereocenters. The van der Waals surface area contributed by atoms with E-state index in [0.29, 0.717) is 22.3 Å². The highest BCUT2D eigenvalue weighted by molar-refractivity contribution is 5.78. The predicted octanol–water partition coefficient (Wildman–Crippen LogP) is 6.37. The van der Waals surface area contributed by atoms with Gasteiger partial charge in [0.2, 0.25) is 0 Å². The lowest BCUT2D eigenvalue weighted by atomic mass is 10.0. The first-order valence-corrected chi connectivity index (χ1v) is 9.24. The monoisotopic (exact) mass is 420 g/mol. The van der Waals surface area contributed by atoms with Gasteiger partial charge in [0.25, 0.3) is 0 Å². The molecule has 0 saturated heterocycles. The molecule has 154 valence electrons. The van der Waals surface area contributed by atoms with Crippen molar-refractivity contribution in [2.75, 3.05) is 0 Å². The summed E-state index contributed by atoms with van der Waals surface area (Å²) in [5.41, 5.74) is 2.81. The van der Waals surface area contributed by atoms with Crippen LogP contribution in [-0.2, 0) is 0 Å². The zero-order chi connectivity index (χ0) is 21.8. The van der Waals surface area contributed by atoms with Gasteiger partial charge < -0.3 is 14.5 Å². The van der Waals surface area contributed by atoms with Gasteiger partial charge in [-0.05, 0) is 17.7 Å². The smallest absolute Gasteiger partial charge is 0.395 e. The zero-order valence-electron chi connectivity index (χ0n) is 16.0. The Kier molecular flexibility index (Phi) is 5.37. The minimum absolute atomic E-state index is 0.0393. The lowest BCUT2D eigenvalue weighted by molar-refractivity contribution is -0.286. The number of aromatic nitrogens is 1. The van der Waals surface area contributed by atoms with E-state index in [1.165, 1.54) is 18.3 Å². The third-order valence-corrected chi connectivity index (χ3v) is 4.54. The largest absolute Gasteiger partial charge is 0.586 e. The number of alkyl halides is 2. The lowest BCUT2D eigenvalue weighted by Crippen LogP contribution is -2.26. The average Bonchev–Trinajstić information content (AvgIpc) is 3.37. The number of halogens is 3. The molecule has 4 nitrogen and oxygen atoms in total. The predicted molar refractivity (Wildman–Crippen MR) is 109 cm³/mol. The van der Waals surface area contributed by atoms with Crippen molar-refractivity contribution < 1.29 is 22.6 Å². The van der Waals surface area contributed by atoms with Gasteiger partial charge in [-0.15, -0.1) is 8.78 Å². The van der Waals surface area contributed by atoms with Gasteiger partial charge in [0.05, 0.1) is 5.56 Å². The molecule has 1 aliphatic heterocycles. The molecule has 7 heteroatoms. The molecule has 0 atom stereocenters. The second-order valence-corrected chi connectivity index (χ2v) is 6.54. The Hall–Kier alpha value is -4.18. The van der Waals surface area contributed by atoms with Crippen LogP contribution in [0, 0.1) is 17.1 Å². The SMILES string of the molecule is Fc1ccccc1-c1ccccc1.N#Cc1c[nH]cc1-c1cccc2c1OC(F)(F)O2. The van der Waals surface area contributed by atoms with Crippen LogP contribution in [-0.4, -0.2) is 11.3 Å². The number of para-hydroxylation sites is 1. The molecule has 1 aromatic heterocycles. The second-order valence-electron chi connectivity index (χ2n) is 6.54. The molecule has 1 N–H and O–H groups in total. The summed E-state index contributed by atoms with van der Waals surface area (Å²) in [5, 5.41) is 8.93. The topological polar surface area (TPSA) is 58.0 Å². The molecule has 0 bridgehead atoms. The third-order valence-electron chi connectivity index (χ3n) is 4.54. The standard InChI is InChI=1S/C12H6F2N2O2.C12H9F/c13-12(14)17-10-3-1-2-8(11(10)18-12)9-6-16-5-7(9)4-15;13-12-9-5-4-8-11(12)10-6-2-1-3-7-10/h1-3,5-6,16H;1-9H. The van der Waals surface area contributed by atoms with Crippen molar-refractivity contribution in [3.8, 4) is 39.8 Å². The number of benzene rings is 3. The minimum atomic E-state index is -3.67. The summed E-state index contributed by atoms with van der Waals surface area (Å²) < 4.78 is 48.2. The van der Waals surface area contributed by atoms with Gasteiger partial charge in [0.15, 0.2) is 11.5 Å². The molecule has 0 radical (unpaired) electrons. The van der Waals surface area contributed by atoms with E-state index in [-0.39, 0.29) is 17.3 Å². The number of hydrogen-bond donors (Lipinski definition) is 1. The first-order valence-electron chi connectivity index (χ1n) is 9.24. The van der Waals surface area contributed by atoms with Crippen LogP contribution in [0.15, 0.2) is 85.2 Å². The highest BCUT2D eigenvalue weighted by atomic mass is 19.3. The number of rotatable bonds is 2. The van der Waals surface area contributed by atoms with Crippen molar-refractivity contribution in [3.63, 3.8) is 0 Å². The number of aromatic amines is 1. The highest BCUT2D eigenvalue weighted by Gasteiger charge is 2.44. The molecule has 1 aliphatic rings. The van der Waals surface area contributed by atoms with Crippen LogP contribution in [0.4, 0.5) is 13.2 Å². The molecule has 0 aliphatic carbocycles. The Morgan fingerprint density at radius 3 is 2.23 bits per heavy atom. The Morgan fingerprint density at radius 2 is 1.48 bits per heavy atom. The van der Waals surface area contributed by atoms with Gasteiger partial charge in [-0.2, -0.15) is 5.26 Å². The average molecular weight is 420 g/mol. The molecule has 31 heavy (non-hydrogen) atoms. The van der Waals surface area contributed by atoms with Gasteiger partial charge in [-0.1, -0.05) is 60.7 Å². The number of nitriles is 1. The van der Waals surface area contributed by atoms with Crippen LogP contribution < -0.4 is 9.47 Å². The van der Waals surface area contributed by atoms with E-state index in [2.05, 4.69) is 14.5 Å². The molecule has 0 amide bonds. The first-order chi connectivity index (χ1) is 15.0. The van der Waals surface area contributed by atoms with Crippen LogP contribution in [0.3, 0.4) is 0 Å². The molecular weight excluding hydrogens is 405 g/mol. The maximum absolute atomic E-state index is 13.3. The van der Waals surface area contributed by atoms with Gasteiger partial charge in [-0.3, -0.25) is 0 Å². The molecule has 5 rings (SSSR count). The fraction of sp³-hybridized carbons (Fsp3) is 0.0417. The normalized spacial score (nSPS) is 13.1. The van der Waals surface area contributed by atoms with Gasteiger partial charge in [0.1, 0.15) is 11.9 Å². The maximum Gasteiger partial charge on any atom is 0.586 e. The maximum atomic E-state index is 13.3. The van der Waals surface area contributed by atoms with Crippen LogP contribution in [0.1, 0.15) is 5.56 Å². The van der Waals surface area contributed by atoms with Crippen LogP contribution >= 0.6 is 0 Å². The molecule has 0 fully saturated rings. The first kappa shape index (κ1) is 20.1. The fourth-order valence-electron chi connectivity index (χ4n) is 3.17. The molecule has 0 spiro atoms. The van der Waals surface area contributed by atoms with Crippen molar-refractivity contribution in [1.29, 1.82) is 5.26 Å². The Balaban J connectivity index is 0.000000158. The Bertz CT molecular complexity index is 1250. The summed E-state index contributed by atoms with van der Waals surface area (Å²) >= 11 is 0. The van der Waals surface area contributed by atoms with Crippen LogP contribution in [0.25, 0.3) is 22.3 Å². The van der Waals surface area contributed by atoms with Gasteiger partial charge >= 0.3 is 6.29 Å². The third kappa shape index (κ3) is 4.23. The summed E-state index contributed by atoms with van der Waals surface area (Å²) in [5.74, 6) is -0.269. The van der Waals surface area contributed by atoms with Gasteiger partial charge in [0, 0.05) is 29.1 Å². The van der Waals surface area contributed by atoms with Crippen molar-refractivity contribution in [3.05, 3.63) is 96.6 Å². The summed E-state index contributed by atoms with van der Waals surface area (Å²) in [6.07, 6.45) is -0.627. The Labute approximate surface area is 176 Å². The van der Waals surface area contributed by atoms with E-state index in [4.69, 9.17) is 5.26 Å². The number of nitrogens with zero attached hydrogens (tertiary/aromatic N) is 1. The van der Waals surface area contributed by atoms with Crippen molar-refractivity contribution in [1.82, 2.24) is 4.98 Å². The highest BCUT2D eigenvalue weighted by Crippen LogP contribution is 2.47. The fourth-order valence-corrected chi connectivity index (χ4v) is 3.17. The number of H-pyrrole nitrogens is 1. The van der Waals surface area contributed by atoms with Crippen molar-refractivity contribution >= 4 is 0 Å². The summed E-state index contributed by atoms with van der Waals surface area (Å²) in [6, 6.07) is 22.8. The van der Waals surface area contributed by atoms with Crippen LogP contribution in [0.5, 0.6) is 11.5 Å². The summed E-state index contributed by atoms with van der Waals surface area (Å²) in [6.45, 7) is 0. The molecular formula is C24H15F3N2O2. The van der Waals surface area contributed by atoms with E-state index in [9.17, 15) is 13.2 Å². The quantitative estimate of drug-likeness (QED) is 0.410. The molecule has 3 aromatic carbocycles. The van der Waals surface area contributed by atoms with E-state index < -0.39 is 6.29 Å². The lowest BCUT2D eigenvalue weighted by Gasteiger charge is -2.06. The van der Waals surface area contributed by atoms with E-state index in [1.807, 2.05) is 42.5 Å². The molecule has 0 saturated carbocycles. The van der Waals surface area contributed by atoms with E-state index in [0.717, 1.165) is 5.56 Å². The number of nitrogens with one attached hydrogen (secondary N) is 1. The molecule has 2 heterocycles. The van der Waals surface area contributed by atoms with E-state index in [1.54, 1.807) is 30.5 Å². The number of fused-ring (bicyclic) bond motifs is 1. The van der Waals surface area contributed by atoms with Crippen LogP contribution in [0.2, 0.25) is 0 Å². The Morgan fingerprint density at radius 1 is 0.774 bits per heavy atom. The summed E-state index contributed by atoms with van der Waals surface area (Å²) in [4.78, 5) is 2.75. The van der Waals surface area contributed by atoms with E-state index >= 15 is 0 Å². The number of ether oxygens (including phenoxy) is 2. The van der Waals surface area contributed by atoms with Crippen molar-refractivity contribution in [2.24, 2.45) is 0 Å². The van der Waals surface area contributed by atoms with Crippen molar-refractivity contribution in [2.45, 2.75) is 6.29 Å². The number of hydrogen-bond acceptors (Lipinski definition) is 3. The minimum Gasteiger partial charge on any atom is -0.395 e. The zero-order valence-corrected chi connectivity index (χ0v) is 16.0.